The quantitative estimate of drug-likeness (QED) is 0.636. The minimum Gasteiger partial charge on any atom is -0.496 e. The molecule has 2 aromatic carbocycles. The molecule has 1 aliphatic rings. The van der Waals surface area contributed by atoms with E-state index in [0.29, 0.717) is 5.92 Å². The maximum atomic E-state index is 12.8. The predicted octanol–water partition coefficient (Wildman–Crippen LogP) is 5.97. The molecule has 0 bridgehead atoms. The minimum atomic E-state index is -4.31. The fourth-order valence-electron chi connectivity index (χ4n) is 3.87. The van der Waals surface area contributed by atoms with Gasteiger partial charge in [-0.3, -0.25) is 0 Å². The molecule has 2 nitrogen and oxygen atoms in total. The Morgan fingerprint density at radius 3 is 2.19 bits per heavy atom. The second-order valence-corrected chi connectivity index (χ2v) is 7.15. The second kappa shape index (κ2) is 8.34. The molecule has 0 amide bonds. The molecule has 1 saturated heterocycles. The zero-order valence-corrected chi connectivity index (χ0v) is 15.9. The van der Waals surface area contributed by atoms with Crippen molar-refractivity contribution >= 4 is 0 Å². The van der Waals surface area contributed by atoms with Crippen molar-refractivity contribution in [3.63, 3.8) is 0 Å². The van der Waals surface area contributed by atoms with E-state index in [0.717, 1.165) is 73.5 Å². The van der Waals surface area contributed by atoms with Crippen LogP contribution in [0.2, 0.25) is 0 Å². The lowest BCUT2D eigenvalue weighted by Crippen LogP contribution is -2.33. The Labute approximate surface area is 159 Å². The van der Waals surface area contributed by atoms with Crippen molar-refractivity contribution in [1.82, 2.24) is 4.90 Å². The summed E-state index contributed by atoms with van der Waals surface area (Å²) in [6.07, 6.45) is -0.993. The first-order valence-corrected chi connectivity index (χ1v) is 9.50. The van der Waals surface area contributed by atoms with Gasteiger partial charge in [0.25, 0.3) is 0 Å². The highest BCUT2D eigenvalue weighted by molar-refractivity contribution is 5.66. The van der Waals surface area contributed by atoms with Crippen LogP contribution < -0.4 is 4.74 Å². The third kappa shape index (κ3) is 4.64. The third-order valence-electron chi connectivity index (χ3n) is 5.34. The van der Waals surface area contributed by atoms with Crippen LogP contribution in [-0.2, 0) is 6.18 Å². The van der Waals surface area contributed by atoms with Crippen LogP contribution in [0.4, 0.5) is 13.2 Å². The molecule has 5 heteroatoms. The zero-order chi connectivity index (χ0) is 19.4. The van der Waals surface area contributed by atoms with Crippen molar-refractivity contribution in [3.8, 4) is 16.9 Å². The number of alkyl halides is 3. The van der Waals surface area contributed by atoms with Crippen LogP contribution in [-0.4, -0.2) is 31.6 Å². The Morgan fingerprint density at radius 2 is 1.63 bits per heavy atom. The van der Waals surface area contributed by atoms with Crippen LogP contribution in [0, 0.1) is 0 Å². The molecule has 0 radical (unpaired) electrons. The van der Waals surface area contributed by atoms with E-state index >= 15 is 0 Å². The van der Waals surface area contributed by atoms with Gasteiger partial charge in [0.1, 0.15) is 5.75 Å². The van der Waals surface area contributed by atoms with Gasteiger partial charge < -0.3 is 9.64 Å². The summed E-state index contributed by atoms with van der Waals surface area (Å²) in [6.45, 7) is 5.48. The smallest absolute Gasteiger partial charge is 0.416 e. The topological polar surface area (TPSA) is 12.5 Å². The van der Waals surface area contributed by atoms with Gasteiger partial charge in [-0.25, -0.2) is 0 Å². The van der Waals surface area contributed by atoms with Crippen LogP contribution >= 0.6 is 0 Å². The number of nitrogens with zero attached hydrogens (tertiary/aromatic N) is 1. The van der Waals surface area contributed by atoms with E-state index in [-0.39, 0.29) is 0 Å². The summed E-state index contributed by atoms with van der Waals surface area (Å²) in [5.74, 6) is 1.28. The predicted molar refractivity (Wildman–Crippen MR) is 102 cm³/mol. The summed E-state index contributed by atoms with van der Waals surface area (Å²) < 4.78 is 43.9. The van der Waals surface area contributed by atoms with Gasteiger partial charge in [0.2, 0.25) is 0 Å². The monoisotopic (exact) mass is 377 g/mol. The lowest BCUT2D eigenvalue weighted by Gasteiger charge is -2.32. The van der Waals surface area contributed by atoms with E-state index < -0.39 is 11.7 Å². The minimum absolute atomic E-state index is 0.419. The standard InChI is InChI=1S/C22H26F3NO/c1-3-12-26-13-10-17(11-14-26)20-15-18(6-9-21(20)27-2)16-4-7-19(8-5-16)22(23,24)25/h4-9,15,17H,3,10-14H2,1-2H3. The SMILES string of the molecule is CCCN1CCC(c2cc(-c3ccc(C(F)(F)F)cc3)ccc2OC)CC1. The molecule has 1 fully saturated rings. The normalized spacial score (nSPS) is 16.5. The zero-order valence-electron chi connectivity index (χ0n) is 15.9. The van der Waals surface area contributed by atoms with Crippen molar-refractivity contribution in [3.05, 3.63) is 53.6 Å². The first-order valence-electron chi connectivity index (χ1n) is 9.50. The van der Waals surface area contributed by atoms with E-state index in [4.69, 9.17) is 4.74 Å². The summed E-state index contributed by atoms with van der Waals surface area (Å²) in [6, 6.07) is 11.3. The average Bonchev–Trinajstić information content (AvgIpc) is 2.68. The van der Waals surface area contributed by atoms with Gasteiger partial charge in [-0.1, -0.05) is 25.1 Å². The Hall–Kier alpha value is -2.01. The summed E-state index contributed by atoms with van der Waals surface area (Å²) >= 11 is 0. The highest BCUT2D eigenvalue weighted by Gasteiger charge is 2.30. The highest BCUT2D eigenvalue weighted by atomic mass is 19.4. The second-order valence-electron chi connectivity index (χ2n) is 7.15. The number of hydrogen-bond donors (Lipinski definition) is 0. The molecule has 1 aliphatic heterocycles. The molecule has 146 valence electrons. The van der Waals surface area contributed by atoms with Gasteiger partial charge >= 0.3 is 6.18 Å². The third-order valence-corrected chi connectivity index (χ3v) is 5.34. The molecular weight excluding hydrogens is 351 g/mol. The molecule has 0 spiro atoms. The maximum absolute atomic E-state index is 12.8. The van der Waals surface area contributed by atoms with E-state index in [1.54, 1.807) is 7.11 Å². The highest BCUT2D eigenvalue weighted by Crippen LogP contribution is 2.38. The van der Waals surface area contributed by atoms with Crippen molar-refractivity contribution in [2.24, 2.45) is 0 Å². The molecule has 0 saturated carbocycles. The molecule has 0 aliphatic carbocycles. The van der Waals surface area contributed by atoms with Crippen LogP contribution in [0.25, 0.3) is 11.1 Å². The van der Waals surface area contributed by atoms with Crippen LogP contribution in [0.3, 0.4) is 0 Å². The first kappa shape index (κ1) is 19.7. The summed E-state index contributed by atoms with van der Waals surface area (Å²) in [7, 11) is 1.67. The Bertz CT molecular complexity index is 747. The summed E-state index contributed by atoms with van der Waals surface area (Å²) in [5, 5.41) is 0. The molecule has 1 heterocycles. The van der Waals surface area contributed by atoms with Crippen LogP contribution in [0.5, 0.6) is 5.75 Å². The van der Waals surface area contributed by atoms with E-state index in [1.807, 2.05) is 12.1 Å². The molecule has 0 aromatic heterocycles. The number of benzene rings is 2. The number of piperidine rings is 1. The van der Waals surface area contributed by atoms with Gasteiger partial charge in [-0.05, 0) is 85.8 Å². The number of hydrogen-bond acceptors (Lipinski definition) is 2. The molecule has 0 unspecified atom stereocenters. The summed E-state index contributed by atoms with van der Waals surface area (Å²) in [5.41, 5.74) is 2.25. The Morgan fingerprint density at radius 1 is 1.00 bits per heavy atom. The molecule has 3 rings (SSSR count). The van der Waals surface area contributed by atoms with E-state index in [1.165, 1.54) is 12.1 Å². The largest absolute Gasteiger partial charge is 0.496 e. The van der Waals surface area contributed by atoms with Crippen molar-refractivity contribution in [2.75, 3.05) is 26.7 Å². The molecule has 0 atom stereocenters. The maximum Gasteiger partial charge on any atom is 0.416 e. The fraction of sp³-hybridized carbons (Fsp3) is 0.455. The molecule has 0 N–H and O–H groups in total. The average molecular weight is 377 g/mol. The van der Waals surface area contributed by atoms with E-state index in [9.17, 15) is 13.2 Å². The van der Waals surface area contributed by atoms with Gasteiger partial charge in [-0.2, -0.15) is 13.2 Å². The van der Waals surface area contributed by atoms with E-state index in [2.05, 4.69) is 17.9 Å². The lowest BCUT2D eigenvalue weighted by atomic mass is 9.87. The van der Waals surface area contributed by atoms with Crippen LogP contribution in [0.1, 0.15) is 43.2 Å². The van der Waals surface area contributed by atoms with Crippen molar-refractivity contribution in [1.29, 1.82) is 0 Å². The van der Waals surface area contributed by atoms with Gasteiger partial charge in [0.05, 0.1) is 12.7 Å². The number of rotatable bonds is 5. The number of likely N-dealkylation sites (tertiary alicyclic amines) is 1. The fourth-order valence-corrected chi connectivity index (χ4v) is 3.87. The van der Waals surface area contributed by atoms with Gasteiger partial charge in [-0.15, -0.1) is 0 Å². The van der Waals surface area contributed by atoms with Crippen LogP contribution in [0.15, 0.2) is 42.5 Å². The summed E-state index contributed by atoms with van der Waals surface area (Å²) in [4.78, 5) is 2.49. The Kier molecular flexibility index (Phi) is 6.10. The van der Waals surface area contributed by atoms with Gasteiger partial charge in [0.15, 0.2) is 0 Å². The van der Waals surface area contributed by atoms with Crippen molar-refractivity contribution < 1.29 is 17.9 Å². The number of halogens is 3. The molecular formula is C22H26F3NO. The Balaban J connectivity index is 1.84. The molecule has 2 aromatic rings. The van der Waals surface area contributed by atoms with Gasteiger partial charge in [0, 0.05) is 0 Å². The molecule has 27 heavy (non-hydrogen) atoms. The number of methoxy groups -OCH3 is 1. The number of ether oxygens (including phenoxy) is 1. The lowest BCUT2D eigenvalue weighted by molar-refractivity contribution is -0.137. The first-order chi connectivity index (χ1) is 12.9. The van der Waals surface area contributed by atoms with Crippen molar-refractivity contribution in [2.45, 2.75) is 38.3 Å².